The number of hydrogen-bond acceptors (Lipinski definition) is 7. The van der Waals surface area contributed by atoms with Gasteiger partial charge in [-0.3, -0.25) is 9.48 Å². The van der Waals surface area contributed by atoms with Gasteiger partial charge in [0.05, 0.1) is 41.4 Å². The monoisotopic (exact) mass is 493 g/mol. The van der Waals surface area contributed by atoms with E-state index in [-0.39, 0.29) is 18.6 Å². The second kappa shape index (κ2) is 11.2. The van der Waals surface area contributed by atoms with Crippen LogP contribution in [0, 0.1) is 12.8 Å². The number of hydrogen-bond donors (Lipinski definition) is 1. The Kier molecular flexibility index (Phi) is 7.82. The van der Waals surface area contributed by atoms with Gasteiger partial charge in [-0.1, -0.05) is 30.3 Å². The van der Waals surface area contributed by atoms with Crippen molar-refractivity contribution < 1.29 is 24.2 Å². The Morgan fingerprint density at radius 3 is 2.69 bits per heavy atom. The molecule has 2 heterocycles. The molecule has 2 atom stereocenters. The van der Waals surface area contributed by atoms with Gasteiger partial charge in [-0.15, -0.1) is 0 Å². The fourth-order valence-corrected chi connectivity index (χ4v) is 4.34. The Morgan fingerprint density at radius 1 is 1.19 bits per heavy atom. The zero-order valence-electron chi connectivity index (χ0n) is 20.8. The van der Waals surface area contributed by atoms with Gasteiger partial charge in [0.2, 0.25) is 0 Å². The molecule has 1 aromatic carbocycles. The van der Waals surface area contributed by atoms with Crippen LogP contribution < -0.4 is 4.74 Å². The van der Waals surface area contributed by atoms with E-state index in [4.69, 9.17) is 9.47 Å². The lowest BCUT2D eigenvalue weighted by Gasteiger charge is -2.27. The molecule has 190 valence electrons. The number of carbonyl (C=O) groups is 2. The van der Waals surface area contributed by atoms with Crippen LogP contribution >= 0.6 is 0 Å². The van der Waals surface area contributed by atoms with Gasteiger partial charge in [-0.2, -0.15) is 5.10 Å². The second-order valence-electron chi connectivity index (χ2n) is 9.11. The standard InChI is InChI=1S/C26H31N5O5/c1-17-23(36-20-11-7-10-19(12-20)25(32)33)14-27-24(29-17)21-13-28-31(3)22(21)16-35-26(34)30(2)15-18-8-5-4-6-9-18/h4-6,8-9,13-14,19-20H,7,10-12,15-16H2,1-3H3,(H,32,33)/t19-,20-/m0/s1. The summed E-state index contributed by atoms with van der Waals surface area (Å²) < 4.78 is 13.2. The fourth-order valence-electron chi connectivity index (χ4n) is 4.34. The summed E-state index contributed by atoms with van der Waals surface area (Å²) in [4.78, 5) is 34.5. The third kappa shape index (κ3) is 5.99. The van der Waals surface area contributed by atoms with E-state index < -0.39 is 12.1 Å². The highest BCUT2D eigenvalue weighted by molar-refractivity contribution is 5.70. The molecule has 0 saturated heterocycles. The summed E-state index contributed by atoms with van der Waals surface area (Å²) in [6.07, 6.45) is 5.42. The van der Waals surface area contributed by atoms with Crippen molar-refractivity contribution in [2.24, 2.45) is 13.0 Å². The van der Waals surface area contributed by atoms with Crippen molar-refractivity contribution in [2.45, 2.75) is 51.9 Å². The van der Waals surface area contributed by atoms with Crippen molar-refractivity contribution >= 4 is 12.1 Å². The maximum Gasteiger partial charge on any atom is 0.410 e. The maximum absolute atomic E-state index is 12.5. The summed E-state index contributed by atoms with van der Waals surface area (Å²) in [5.41, 5.74) is 2.98. The molecule has 1 amide bonds. The van der Waals surface area contributed by atoms with Gasteiger partial charge in [0.25, 0.3) is 0 Å². The van der Waals surface area contributed by atoms with Crippen molar-refractivity contribution in [3.05, 3.63) is 59.7 Å². The van der Waals surface area contributed by atoms with Crippen LogP contribution in [0.15, 0.2) is 42.7 Å². The van der Waals surface area contributed by atoms with Crippen LogP contribution in [0.4, 0.5) is 4.79 Å². The first-order valence-electron chi connectivity index (χ1n) is 12.0. The molecule has 0 unspecified atom stereocenters. The maximum atomic E-state index is 12.5. The Bertz CT molecular complexity index is 1210. The highest BCUT2D eigenvalue weighted by Crippen LogP contribution is 2.30. The Labute approximate surface area is 209 Å². The highest BCUT2D eigenvalue weighted by Gasteiger charge is 2.28. The third-order valence-electron chi connectivity index (χ3n) is 6.41. The average Bonchev–Trinajstić information content (AvgIpc) is 3.24. The summed E-state index contributed by atoms with van der Waals surface area (Å²) in [6.45, 7) is 2.28. The number of aryl methyl sites for hydroxylation is 2. The first-order valence-corrected chi connectivity index (χ1v) is 12.0. The zero-order valence-corrected chi connectivity index (χ0v) is 20.8. The molecule has 10 heteroatoms. The van der Waals surface area contributed by atoms with Gasteiger partial charge in [-0.25, -0.2) is 14.8 Å². The van der Waals surface area contributed by atoms with E-state index in [0.717, 1.165) is 18.4 Å². The van der Waals surface area contributed by atoms with E-state index in [9.17, 15) is 14.7 Å². The van der Waals surface area contributed by atoms with Gasteiger partial charge in [0.15, 0.2) is 11.6 Å². The second-order valence-corrected chi connectivity index (χ2v) is 9.11. The van der Waals surface area contributed by atoms with Crippen LogP contribution in [-0.2, 0) is 29.7 Å². The molecule has 36 heavy (non-hydrogen) atoms. The van der Waals surface area contributed by atoms with Crippen LogP contribution in [0.3, 0.4) is 0 Å². The van der Waals surface area contributed by atoms with Crippen molar-refractivity contribution in [2.75, 3.05) is 7.05 Å². The first kappa shape index (κ1) is 25.2. The van der Waals surface area contributed by atoms with Crippen LogP contribution in [0.25, 0.3) is 11.4 Å². The number of carboxylic acid groups (broad SMARTS) is 1. The van der Waals surface area contributed by atoms with Gasteiger partial charge in [-0.05, 0) is 38.2 Å². The number of carboxylic acids is 1. The summed E-state index contributed by atoms with van der Waals surface area (Å²) in [5, 5.41) is 13.6. The van der Waals surface area contributed by atoms with Crippen LogP contribution in [-0.4, -0.2) is 55.0 Å². The van der Waals surface area contributed by atoms with Crippen molar-refractivity contribution in [3.8, 4) is 17.1 Å². The molecular weight excluding hydrogens is 462 g/mol. The van der Waals surface area contributed by atoms with Gasteiger partial charge in [0, 0.05) is 20.6 Å². The minimum atomic E-state index is -0.775. The molecule has 1 N–H and O–H groups in total. The molecule has 4 rings (SSSR count). The molecule has 1 saturated carbocycles. The third-order valence-corrected chi connectivity index (χ3v) is 6.41. The van der Waals surface area contributed by atoms with Crippen molar-refractivity contribution in [3.63, 3.8) is 0 Å². The normalized spacial score (nSPS) is 17.4. The molecule has 0 aliphatic heterocycles. The van der Waals surface area contributed by atoms with Crippen LogP contribution in [0.2, 0.25) is 0 Å². The highest BCUT2D eigenvalue weighted by atomic mass is 16.6. The van der Waals surface area contributed by atoms with E-state index in [1.165, 1.54) is 4.90 Å². The summed E-state index contributed by atoms with van der Waals surface area (Å²) in [7, 11) is 3.46. The molecule has 0 bridgehead atoms. The number of nitrogens with zero attached hydrogens (tertiary/aromatic N) is 5. The lowest BCUT2D eigenvalue weighted by molar-refractivity contribution is -0.143. The largest absolute Gasteiger partial charge is 0.487 e. The predicted molar refractivity (Wildman–Crippen MR) is 131 cm³/mol. The smallest absolute Gasteiger partial charge is 0.410 e. The molecular formula is C26H31N5O5. The zero-order chi connectivity index (χ0) is 25.7. The molecule has 2 aromatic heterocycles. The van der Waals surface area contributed by atoms with Gasteiger partial charge >= 0.3 is 12.1 Å². The molecule has 1 aliphatic carbocycles. The number of aromatic nitrogens is 4. The average molecular weight is 494 g/mol. The van der Waals surface area contributed by atoms with Crippen LogP contribution in [0.5, 0.6) is 5.75 Å². The lowest BCUT2D eigenvalue weighted by atomic mass is 9.87. The molecule has 0 spiro atoms. The summed E-state index contributed by atoms with van der Waals surface area (Å²) in [5.74, 6) is -0.169. The Morgan fingerprint density at radius 2 is 1.97 bits per heavy atom. The number of carbonyl (C=O) groups excluding carboxylic acids is 1. The van der Waals surface area contributed by atoms with Crippen molar-refractivity contribution in [1.82, 2.24) is 24.6 Å². The number of ether oxygens (including phenoxy) is 2. The molecule has 0 radical (unpaired) electrons. The van der Waals surface area contributed by atoms with E-state index in [1.54, 1.807) is 31.2 Å². The van der Waals surface area contributed by atoms with E-state index in [2.05, 4.69) is 15.1 Å². The summed E-state index contributed by atoms with van der Waals surface area (Å²) in [6, 6.07) is 9.69. The molecule has 3 aromatic rings. The lowest BCUT2D eigenvalue weighted by Crippen LogP contribution is -2.29. The summed E-state index contributed by atoms with van der Waals surface area (Å²) >= 11 is 0. The van der Waals surface area contributed by atoms with Gasteiger partial charge in [0.1, 0.15) is 6.61 Å². The van der Waals surface area contributed by atoms with Crippen LogP contribution in [0.1, 0.15) is 42.6 Å². The number of rotatable bonds is 8. The molecule has 10 nitrogen and oxygen atoms in total. The Hall–Kier alpha value is -3.95. The van der Waals surface area contributed by atoms with Crippen molar-refractivity contribution in [1.29, 1.82) is 0 Å². The van der Waals surface area contributed by atoms with Gasteiger partial charge < -0.3 is 19.5 Å². The number of aliphatic carboxylic acids is 1. The topological polar surface area (TPSA) is 120 Å². The van der Waals surface area contributed by atoms with E-state index >= 15 is 0 Å². The Balaban J connectivity index is 1.41. The van der Waals surface area contributed by atoms with E-state index in [0.29, 0.717) is 47.9 Å². The molecule has 1 fully saturated rings. The minimum Gasteiger partial charge on any atom is -0.487 e. The number of amides is 1. The number of benzene rings is 1. The first-order chi connectivity index (χ1) is 17.3. The minimum absolute atomic E-state index is 0.0170. The fraction of sp³-hybridized carbons (Fsp3) is 0.423. The predicted octanol–water partition coefficient (Wildman–Crippen LogP) is 3.98. The van der Waals surface area contributed by atoms with E-state index in [1.807, 2.05) is 37.3 Å². The molecule has 1 aliphatic rings. The SMILES string of the molecule is Cc1nc(-c2cnn(C)c2COC(=O)N(C)Cc2ccccc2)ncc1O[C@H]1CCC[C@H](C(=O)O)C1. The quantitative estimate of drug-likeness (QED) is 0.500.